The molecule has 1 saturated carbocycles. The van der Waals surface area contributed by atoms with E-state index < -0.39 is 24.6 Å². The molecule has 1 fully saturated rings. The standard InChI is InChI=1S/C26H26N2O4/c29-20(15-21(30)16-23(31)32)13-14-22-24(17-7-3-1-4-8-17)27-26(19-9-5-2-6-10-19)28-25(22)18-11-12-18/h1-10,13-14,18,20-21,29-30H,11-12,15-16H2,(H,31,32)/b14-13+. The molecule has 3 aromatic rings. The van der Waals surface area contributed by atoms with Crippen molar-refractivity contribution in [3.05, 3.63) is 78.0 Å². The van der Waals surface area contributed by atoms with Crippen molar-refractivity contribution >= 4 is 12.0 Å². The molecule has 0 saturated heterocycles. The lowest BCUT2D eigenvalue weighted by atomic mass is 9.99. The van der Waals surface area contributed by atoms with Crippen molar-refractivity contribution in [3.63, 3.8) is 0 Å². The number of carboxylic acids is 1. The van der Waals surface area contributed by atoms with Crippen LogP contribution in [0.5, 0.6) is 0 Å². The Morgan fingerprint density at radius 2 is 1.59 bits per heavy atom. The number of hydrogen-bond donors (Lipinski definition) is 3. The first kappa shape index (κ1) is 21.9. The van der Waals surface area contributed by atoms with Crippen molar-refractivity contribution in [2.45, 2.75) is 43.8 Å². The Labute approximate surface area is 186 Å². The second kappa shape index (κ2) is 9.85. The molecular formula is C26H26N2O4. The van der Waals surface area contributed by atoms with E-state index in [0.29, 0.717) is 11.7 Å². The monoisotopic (exact) mass is 430 g/mol. The Kier molecular flexibility index (Phi) is 6.73. The van der Waals surface area contributed by atoms with Gasteiger partial charge in [0.05, 0.1) is 30.0 Å². The third kappa shape index (κ3) is 5.46. The average Bonchev–Trinajstić information content (AvgIpc) is 3.63. The number of hydrogen-bond acceptors (Lipinski definition) is 5. The quantitative estimate of drug-likeness (QED) is 0.468. The largest absolute Gasteiger partial charge is 0.481 e. The van der Waals surface area contributed by atoms with Gasteiger partial charge in [-0.25, -0.2) is 9.97 Å². The number of carboxylic acid groups (broad SMARTS) is 1. The normalized spacial score (nSPS) is 15.6. The fourth-order valence-electron chi connectivity index (χ4n) is 3.70. The molecule has 1 aromatic heterocycles. The van der Waals surface area contributed by atoms with Crippen LogP contribution >= 0.6 is 0 Å². The van der Waals surface area contributed by atoms with E-state index >= 15 is 0 Å². The van der Waals surface area contributed by atoms with E-state index in [-0.39, 0.29) is 6.42 Å². The zero-order valence-corrected chi connectivity index (χ0v) is 17.6. The molecule has 32 heavy (non-hydrogen) atoms. The maximum atomic E-state index is 10.8. The Balaban J connectivity index is 1.74. The van der Waals surface area contributed by atoms with Crippen LogP contribution in [0.2, 0.25) is 0 Å². The van der Waals surface area contributed by atoms with Crippen LogP contribution < -0.4 is 0 Å². The number of aromatic nitrogens is 2. The predicted octanol–water partition coefficient (Wildman–Crippen LogP) is 4.29. The highest BCUT2D eigenvalue weighted by atomic mass is 16.4. The number of aliphatic hydroxyl groups excluding tert-OH is 2. The molecule has 4 rings (SSSR count). The number of aliphatic carboxylic acids is 1. The Morgan fingerprint density at radius 1 is 0.969 bits per heavy atom. The van der Waals surface area contributed by atoms with E-state index in [4.69, 9.17) is 15.1 Å². The molecule has 0 amide bonds. The molecule has 1 heterocycles. The summed E-state index contributed by atoms with van der Waals surface area (Å²) < 4.78 is 0. The van der Waals surface area contributed by atoms with Crippen molar-refractivity contribution < 1.29 is 20.1 Å². The summed E-state index contributed by atoms with van der Waals surface area (Å²) >= 11 is 0. The summed E-state index contributed by atoms with van der Waals surface area (Å²) in [6.45, 7) is 0. The van der Waals surface area contributed by atoms with Crippen LogP contribution in [0.1, 0.15) is 42.9 Å². The average molecular weight is 431 g/mol. The summed E-state index contributed by atoms with van der Waals surface area (Å²) in [4.78, 5) is 20.6. The fourth-order valence-corrected chi connectivity index (χ4v) is 3.70. The SMILES string of the molecule is O=C(O)CC(O)CC(O)/C=C/c1c(-c2ccccc2)nc(-c2ccccc2)nc1C1CC1. The molecular weight excluding hydrogens is 404 g/mol. The van der Waals surface area contributed by atoms with Gasteiger partial charge in [0, 0.05) is 29.0 Å². The lowest BCUT2D eigenvalue weighted by Gasteiger charge is -2.15. The molecule has 1 aliphatic carbocycles. The van der Waals surface area contributed by atoms with E-state index in [0.717, 1.165) is 40.9 Å². The van der Waals surface area contributed by atoms with E-state index in [1.54, 1.807) is 6.08 Å². The second-order valence-electron chi connectivity index (χ2n) is 8.11. The molecule has 0 bridgehead atoms. The van der Waals surface area contributed by atoms with Gasteiger partial charge in [-0.1, -0.05) is 72.8 Å². The molecule has 0 spiro atoms. The molecule has 2 unspecified atom stereocenters. The Hall–Kier alpha value is -3.35. The van der Waals surface area contributed by atoms with Crippen LogP contribution in [0.4, 0.5) is 0 Å². The van der Waals surface area contributed by atoms with Gasteiger partial charge in [-0.2, -0.15) is 0 Å². The minimum Gasteiger partial charge on any atom is -0.481 e. The summed E-state index contributed by atoms with van der Waals surface area (Å²) in [6.07, 6.45) is 2.97. The van der Waals surface area contributed by atoms with Gasteiger partial charge in [-0.15, -0.1) is 0 Å². The van der Waals surface area contributed by atoms with Crippen molar-refractivity contribution in [3.8, 4) is 22.6 Å². The summed E-state index contributed by atoms with van der Waals surface area (Å²) in [5.41, 5.74) is 4.49. The molecule has 6 nitrogen and oxygen atoms in total. The van der Waals surface area contributed by atoms with E-state index in [9.17, 15) is 15.0 Å². The first-order valence-corrected chi connectivity index (χ1v) is 10.8. The van der Waals surface area contributed by atoms with E-state index in [2.05, 4.69) is 0 Å². The number of benzene rings is 2. The number of aliphatic hydroxyl groups is 2. The number of rotatable bonds is 9. The molecule has 3 N–H and O–H groups in total. The van der Waals surface area contributed by atoms with Gasteiger partial charge in [0.1, 0.15) is 0 Å². The number of carbonyl (C=O) groups is 1. The van der Waals surface area contributed by atoms with Crippen LogP contribution in [0.25, 0.3) is 28.7 Å². The fraction of sp³-hybridized carbons (Fsp3) is 0.269. The summed E-state index contributed by atoms with van der Waals surface area (Å²) in [6, 6.07) is 19.7. The van der Waals surface area contributed by atoms with Gasteiger partial charge < -0.3 is 15.3 Å². The predicted molar refractivity (Wildman–Crippen MR) is 123 cm³/mol. The van der Waals surface area contributed by atoms with Crippen molar-refractivity contribution in [2.24, 2.45) is 0 Å². The minimum absolute atomic E-state index is 0.0504. The topological polar surface area (TPSA) is 104 Å². The van der Waals surface area contributed by atoms with Crippen LogP contribution in [0.15, 0.2) is 66.7 Å². The summed E-state index contributed by atoms with van der Waals surface area (Å²) in [7, 11) is 0. The third-order valence-corrected chi connectivity index (χ3v) is 5.43. The molecule has 1 aliphatic rings. The lowest BCUT2D eigenvalue weighted by molar-refractivity contribution is -0.139. The molecule has 6 heteroatoms. The molecule has 164 valence electrons. The number of nitrogens with zero attached hydrogens (tertiary/aromatic N) is 2. The smallest absolute Gasteiger partial charge is 0.305 e. The van der Waals surface area contributed by atoms with Gasteiger partial charge in [0.25, 0.3) is 0 Å². The zero-order valence-electron chi connectivity index (χ0n) is 17.6. The third-order valence-electron chi connectivity index (χ3n) is 5.43. The van der Waals surface area contributed by atoms with Crippen LogP contribution in [-0.2, 0) is 4.79 Å². The highest BCUT2D eigenvalue weighted by Crippen LogP contribution is 2.43. The molecule has 2 atom stereocenters. The first-order chi connectivity index (χ1) is 15.5. The van der Waals surface area contributed by atoms with Gasteiger partial charge in [0.15, 0.2) is 5.82 Å². The summed E-state index contributed by atoms with van der Waals surface area (Å²) in [5, 5.41) is 29.0. The van der Waals surface area contributed by atoms with Gasteiger partial charge >= 0.3 is 5.97 Å². The lowest BCUT2D eigenvalue weighted by Crippen LogP contribution is -2.19. The van der Waals surface area contributed by atoms with E-state index in [1.807, 2.05) is 66.7 Å². The zero-order chi connectivity index (χ0) is 22.5. The van der Waals surface area contributed by atoms with E-state index in [1.165, 1.54) is 0 Å². The Morgan fingerprint density at radius 3 is 2.19 bits per heavy atom. The highest BCUT2D eigenvalue weighted by Gasteiger charge is 2.30. The first-order valence-electron chi connectivity index (χ1n) is 10.8. The molecule has 0 aliphatic heterocycles. The van der Waals surface area contributed by atoms with Crippen molar-refractivity contribution in [2.75, 3.05) is 0 Å². The highest BCUT2D eigenvalue weighted by molar-refractivity contribution is 5.76. The minimum atomic E-state index is -1.11. The maximum Gasteiger partial charge on any atom is 0.305 e. The maximum absolute atomic E-state index is 10.8. The van der Waals surface area contributed by atoms with Crippen molar-refractivity contribution in [1.29, 1.82) is 0 Å². The molecule has 2 aromatic carbocycles. The van der Waals surface area contributed by atoms with Crippen LogP contribution in [0, 0.1) is 0 Å². The van der Waals surface area contributed by atoms with Gasteiger partial charge in [-0.3, -0.25) is 4.79 Å². The van der Waals surface area contributed by atoms with Crippen molar-refractivity contribution in [1.82, 2.24) is 9.97 Å². The van der Waals surface area contributed by atoms with Gasteiger partial charge in [0.2, 0.25) is 0 Å². The summed E-state index contributed by atoms with van der Waals surface area (Å²) in [5.74, 6) is -0.0841. The second-order valence-corrected chi connectivity index (χ2v) is 8.11. The van der Waals surface area contributed by atoms with Crippen LogP contribution in [-0.4, -0.2) is 43.5 Å². The Bertz CT molecular complexity index is 1100. The molecule has 0 radical (unpaired) electrons. The van der Waals surface area contributed by atoms with Gasteiger partial charge in [-0.05, 0) is 12.8 Å². The van der Waals surface area contributed by atoms with Crippen LogP contribution in [0.3, 0.4) is 0 Å².